The van der Waals surface area contributed by atoms with Crippen LogP contribution in [0.2, 0.25) is 0 Å². The monoisotopic (exact) mass is 431 g/mol. The number of fused-ring (bicyclic) bond motifs is 3. The van der Waals surface area contributed by atoms with Crippen LogP contribution in [0.3, 0.4) is 0 Å². The molecular formula is C24H25N5O3. The Labute approximate surface area is 187 Å². The number of anilines is 1. The highest BCUT2D eigenvalue weighted by Gasteiger charge is 2.54. The molecule has 32 heavy (non-hydrogen) atoms. The van der Waals surface area contributed by atoms with E-state index in [9.17, 15) is 9.59 Å². The molecule has 0 bridgehead atoms. The van der Waals surface area contributed by atoms with Crippen molar-refractivity contribution in [2.45, 2.75) is 32.6 Å². The summed E-state index contributed by atoms with van der Waals surface area (Å²) < 4.78 is 5.26. The fraction of sp³-hybridized carbons (Fsp3) is 0.292. The normalized spacial score (nSPS) is 22.1. The molecule has 0 aromatic heterocycles. The number of benzene rings is 2. The van der Waals surface area contributed by atoms with Gasteiger partial charge in [0.1, 0.15) is 5.75 Å². The van der Waals surface area contributed by atoms with Crippen molar-refractivity contribution >= 4 is 23.6 Å². The van der Waals surface area contributed by atoms with E-state index in [0.29, 0.717) is 5.96 Å². The van der Waals surface area contributed by atoms with Crippen molar-refractivity contribution in [2.24, 2.45) is 4.99 Å². The van der Waals surface area contributed by atoms with Crippen LogP contribution in [0.4, 0.5) is 10.5 Å². The lowest BCUT2D eigenvalue weighted by atomic mass is 10.1. The molecule has 1 fully saturated rings. The molecule has 0 N–H and O–H groups in total. The summed E-state index contributed by atoms with van der Waals surface area (Å²) in [6.45, 7) is 4.22. The van der Waals surface area contributed by atoms with Crippen molar-refractivity contribution in [3.8, 4) is 5.75 Å². The van der Waals surface area contributed by atoms with Crippen molar-refractivity contribution in [1.82, 2.24) is 14.7 Å². The molecule has 3 aliphatic heterocycles. The Morgan fingerprint density at radius 1 is 1.00 bits per heavy atom. The second-order valence-corrected chi connectivity index (χ2v) is 8.30. The Hall–Kier alpha value is -3.81. The molecule has 1 saturated heterocycles. The van der Waals surface area contributed by atoms with Gasteiger partial charge in [-0.25, -0.2) is 9.79 Å². The van der Waals surface area contributed by atoms with Crippen LogP contribution in [0, 0.1) is 6.92 Å². The van der Waals surface area contributed by atoms with Gasteiger partial charge in [-0.05, 0) is 43.7 Å². The zero-order chi connectivity index (χ0) is 22.6. The average molecular weight is 431 g/mol. The first-order chi connectivity index (χ1) is 15.4. The summed E-state index contributed by atoms with van der Waals surface area (Å²) in [6, 6.07) is 14.6. The second-order valence-electron chi connectivity index (χ2n) is 8.30. The Kier molecular flexibility index (Phi) is 4.65. The number of nitrogens with zero attached hydrogens (tertiary/aromatic N) is 5. The number of hydrogen-bond acceptors (Lipinski definition) is 6. The number of ether oxygens (including phenoxy) is 1. The fourth-order valence-corrected chi connectivity index (χ4v) is 4.43. The third kappa shape index (κ3) is 3.02. The number of carbonyl (C=O) groups is 2. The first-order valence-corrected chi connectivity index (χ1v) is 10.5. The van der Waals surface area contributed by atoms with Crippen LogP contribution < -0.4 is 9.64 Å². The predicted molar refractivity (Wildman–Crippen MR) is 121 cm³/mol. The number of imide groups is 1. The van der Waals surface area contributed by atoms with Crippen molar-refractivity contribution in [3.63, 3.8) is 0 Å². The van der Waals surface area contributed by atoms with Gasteiger partial charge in [0.15, 0.2) is 12.2 Å². The number of rotatable bonds is 4. The number of amides is 3. The number of aliphatic imine (C=N–C) groups is 1. The highest BCUT2D eigenvalue weighted by Crippen LogP contribution is 2.37. The number of aryl methyl sites for hydroxylation is 1. The molecule has 2 unspecified atom stereocenters. The first kappa shape index (κ1) is 20.1. The number of likely N-dealkylation sites (N-methyl/N-ethyl adjacent to an activating group) is 1. The van der Waals surface area contributed by atoms with E-state index in [0.717, 1.165) is 28.3 Å². The predicted octanol–water partition coefficient (Wildman–Crippen LogP) is 3.15. The van der Waals surface area contributed by atoms with E-state index in [2.05, 4.69) is 0 Å². The lowest BCUT2D eigenvalue weighted by Gasteiger charge is -2.40. The van der Waals surface area contributed by atoms with Crippen LogP contribution in [0.5, 0.6) is 5.75 Å². The third-order valence-electron chi connectivity index (χ3n) is 6.18. The summed E-state index contributed by atoms with van der Waals surface area (Å²) >= 11 is 0. The van der Waals surface area contributed by atoms with Crippen molar-refractivity contribution in [1.29, 1.82) is 0 Å². The molecule has 0 spiro atoms. The van der Waals surface area contributed by atoms with E-state index in [1.54, 1.807) is 19.1 Å². The number of methoxy groups -OCH3 is 1. The van der Waals surface area contributed by atoms with Crippen molar-refractivity contribution < 1.29 is 14.3 Å². The van der Waals surface area contributed by atoms with Gasteiger partial charge in [-0.15, -0.1) is 0 Å². The fourth-order valence-electron chi connectivity index (χ4n) is 4.43. The highest BCUT2D eigenvalue weighted by molar-refractivity contribution is 6.09. The maximum atomic E-state index is 13.5. The Morgan fingerprint density at radius 2 is 1.69 bits per heavy atom. The topological polar surface area (TPSA) is 68.7 Å². The van der Waals surface area contributed by atoms with Gasteiger partial charge in [0.25, 0.3) is 5.91 Å². The lowest BCUT2D eigenvalue weighted by molar-refractivity contribution is -0.137. The number of carbonyl (C=O) groups excluding carboxylic acids is 2. The molecule has 2 atom stereocenters. The van der Waals surface area contributed by atoms with Gasteiger partial charge in [-0.2, -0.15) is 0 Å². The summed E-state index contributed by atoms with van der Waals surface area (Å²) in [5.74, 6) is 1.17. The zero-order valence-corrected chi connectivity index (χ0v) is 18.5. The maximum absolute atomic E-state index is 13.5. The lowest BCUT2D eigenvalue weighted by Crippen LogP contribution is -2.63. The van der Waals surface area contributed by atoms with E-state index in [-0.39, 0.29) is 18.5 Å². The summed E-state index contributed by atoms with van der Waals surface area (Å²) in [7, 11) is 3.33. The van der Waals surface area contributed by atoms with Crippen LogP contribution in [0.15, 0.2) is 65.4 Å². The average Bonchev–Trinajstić information content (AvgIpc) is 3.31. The molecule has 0 radical (unpaired) electrons. The van der Waals surface area contributed by atoms with Gasteiger partial charge >= 0.3 is 6.03 Å². The van der Waals surface area contributed by atoms with Crippen LogP contribution in [0.25, 0.3) is 0 Å². The van der Waals surface area contributed by atoms with Gasteiger partial charge in [-0.3, -0.25) is 14.6 Å². The van der Waals surface area contributed by atoms with Gasteiger partial charge < -0.3 is 14.5 Å². The van der Waals surface area contributed by atoms with Crippen molar-refractivity contribution in [3.05, 3.63) is 71.6 Å². The minimum absolute atomic E-state index is 0.236. The number of allylic oxidation sites excluding steroid dienone is 1. The molecule has 3 aliphatic rings. The van der Waals surface area contributed by atoms with E-state index >= 15 is 0 Å². The minimum atomic E-state index is -0.587. The smallest absolute Gasteiger partial charge is 0.328 e. The summed E-state index contributed by atoms with van der Waals surface area (Å²) in [6.07, 6.45) is 1.36. The second kappa shape index (κ2) is 7.40. The van der Waals surface area contributed by atoms with E-state index < -0.39 is 12.2 Å². The Bertz CT molecular complexity index is 1140. The molecule has 0 aliphatic carbocycles. The van der Waals surface area contributed by atoms with E-state index in [4.69, 9.17) is 9.73 Å². The standard InChI is InChI=1S/C24H25N5O3/c1-15-5-7-17(8-6-15)14-28-22(30)20-21(26(3)24(28)31)25-23-27(20)13-16(2)29(23)18-9-11-19(32-4)12-10-18/h5-13,20-21H,14H2,1-4H3. The molecule has 2 aromatic rings. The summed E-state index contributed by atoms with van der Waals surface area (Å²) in [4.78, 5) is 38.1. The SMILES string of the molecule is COc1ccc(N2C(C)=CN3C2=NC2C3C(=O)N(Cc3ccc(C)cc3)C(=O)N2C)cc1. The van der Waals surface area contributed by atoms with Gasteiger partial charge in [0.2, 0.25) is 5.96 Å². The van der Waals surface area contributed by atoms with E-state index in [1.165, 1.54) is 4.90 Å². The van der Waals surface area contributed by atoms with Gasteiger partial charge in [-0.1, -0.05) is 29.8 Å². The molecule has 0 saturated carbocycles. The molecule has 2 aromatic carbocycles. The summed E-state index contributed by atoms with van der Waals surface area (Å²) in [5.41, 5.74) is 3.91. The largest absolute Gasteiger partial charge is 0.497 e. The molecule has 3 heterocycles. The highest BCUT2D eigenvalue weighted by atomic mass is 16.5. The summed E-state index contributed by atoms with van der Waals surface area (Å²) in [5, 5.41) is 0. The molecule has 8 nitrogen and oxygen atoms in total. The Balaban J connectivity index is 1.45. The zero-order valence-electron chi connectivity index (χ0n) is 18.5. The van der Waals surface area contributed by atoms with Crippen LogP contribution in [0.1, 0.15) is 18.1 Å². The van der Waals surface area contributed by atoms with Crippen molar-refractivity contribution in [2.75, 3.05) is 19.1 Å². The molecule has 8 heteroatoms. The van der Waals surface area contributed by atoms with Crippen LogP contribution in [-0.4, -0.2) is 59.0 Å². The number of urea groups is 1. The molecule has 164 valence electrons. The van der Waals surface area contributed by atoms with Gasteiger partial charge in [0, 0.05) is 24.6 Å². The molecular weight excluding hydrogens is 406 g/mol. The quantitative estimate of drug-likeness (QED) is 0.744. The number of hydrogen-bond donors (Lipinski definition) is 0. The Morgan fingerprint density at radius 3 is 2.34 bits per heavy atom. The maximum Gasteiger partial charge on any atom is 0.328 e. The van der Waals surface area contributed by atoms with E-state index in [1.807, 2.05) is 78.4 Å². The minimum Gasteiger partial charge on any atom is -0.497 e. The molecule has 3 amide bonds. The first-order valence-electron chi connectivity index (χ1n) is 10.5. The van der Waals surface area contributed by atoms with Crippen LogP contribution in [-0.2, 0) is 11.3 Å². The van der Waals surface area contributed by atoms with Gasteiger partial charge in [0.05, 0.1) is 13.7 Å². The van der Waals surface area contributed by atoms with Crippen LogP contribution >= 0.6 is 0 Å². The third-order valence-corrected chi connectivity index (χ3v) is 6.18. The molecule has 5 rings (SSSR count). The number of guanidine groups is 1.